The van der Waals surface area contributed by atoms with E-state index in [4.69, 9.17) is 0 Å². The molecule has 0 saturated carbocycles. The number of para-hydroxylation sites is 2. The van der Waals surface area contributed by atoms with E-state index in [0.717, 1.165) is 4.90 Å². The molecule has 1 aliphatic heterocycles. The van der Waals surface area contributed by atoms with Crippen molar-refractivity contribution in [1.29, 1.82) is 5.26 Å². The van der Waals surface area contributed by atoms with Gasteiger partial charge in [-0.1, -0.05) is 26.0 Å². The number of likely N-dealkylation sites (N-methyl/N-ethyl adjacent to an activating group) is 1. The SMILES string of the molecule is CC(C)C(C)(C#N)N1C(=O)C=C(N(C)c2ccccc2O)C1=O. The van der Waals surface area contributed by atoms with E-state index in [9.17, 15) is 20.0 Å². The highest BCUT2D eigenvalue weighted by Gasteiger charge is 2.47. The first-order valence-corrected chi connectivity index (χ1v) is 7.27. The Kier molecular flexibility index (Phi) is 4.15. The second kappa shape index (κ2) is 5.76. The van der Waals surface area contributed by atoms with E-state index >= 15 is 0 Å². The first-order valence-electron chi connectivity index (χ1n) is 7.27. The minimum absolute atomic E-state index is 0.00139. The van der Waals surface area contributed by atoms with Gasteiger partial charge >= 0.3 is 0 Å². The Morgan fingerprint density at radius 3 is 2.43 bits per heavy atom. The van der Waals surface area contributed by atoms with Gasteiger partial charge in [0.25, 0.3) is 11.8 Å². The molecule has 0 fully saturated rings. The molecule has 0 aliphatic carbocycles. The lowest BCUT2D eigenvalue weighted by Crippen LogP contribution is -2.53. The smallest absolute Gasteiger partial charge is 0.278 e. The van der Waals surface area contributed by atoms with Crippen LogP contribution in [0.1, 0.15) is 20.8 Å². The van der Waals surface area contributed by atoms with Crippen molar-refractivity contribution in [2.45, 2.75) is 26.3 Å². The van der Waals surface area contributed by atoms with E-state index in [1.54, 1.807) is 46.0 Å². The fraction of sp³-hybridized carbons (Fsp3) is 0.353. The zero-order chi connectivity index (χ0) is 17.4. The Hall–Kier alpha value is -2.81. The first-order chi connectivity index (χ1) is 10.7. The highest BCUT2D eigenvalue weighted by molar-refractivity contribution is 6.18. The van der Waals surface area contributed by atoms with E-state index in [0.29, 0.717) is 5.69 Å². The van der Waals surface area contributed by atoms with Crippen molar-refractivity contribution >= 4 is 17.5 Å². The van der Waals surface area contributed by atoms with Crippen LogP contribution >= 0.6 is 0 Å². The van der Waals surface area contributed by atoms with Crippen LogP contribution in [0, 0.1) is 17.2 Å². The Morgan fingerprint density at radius 2 is 1.91 bits per heavy atom. The number of aromatic hydroxyl groups is 1. The minimum Gasteiger partial charge on any atom is -0.506 e. The molecule has 0 bridgehead atoms. The van der Waals surface area contributed by atoms with Crippen molar-refractivity contribution in [2.75, 3.05) is 11.9 Å². The van der Waals surface area contributed by atoms with Crippen LogP contribution in [0.15, 0.2) is 36.0 Å². The molecule has 1 N–H and O–H groups in total. The largest absolute Gasteiger partial charge is 0.506 e. The van der Waals surface area contributed by atoms with Crippen LogP contribution < -0.4 is 4.90 Å². The van der Waals surface area contributed by atoms with Gasteiger partial charge in [-0.05, 0) is 25.0 Å². The molecule has 0 aromatic heterocycles. The van der Waals surface area contributed by atoms with Gasteiger partial charge in [-0.25, -0.2) is 0 Å². The molecule has 0 spiro atoms. The predicted octanol–water partition coefficient (Wildman–Crippen LogP) is 2.02. The topological polar surface area (TPSA) is 84.6 Å². The monoisotopic (exact) mass is 313 g/mol. The minimum atomic E-state index is -1.23. The normalized spacial score (nSPS) is 17.0. The second-order valence-electron chi connectivity index (χ2n) is 5.97. The quantitative estimate of drug-likeness (QED) is 0.860. The third kappa shape index (κ3) is 2.55. The van der Waals surface area contributed by atoms with Crippen molar-refractivity contribution in [3.05, 3.63) is 36.0 Å². The average molecular weight is 313 g/mol. The van der Waals surface area contributed by atoms with E-state index in [2.05, 4.69) is 6.07 Å². The molecule has 0 radical (unpaired) electrons. The fourth-order valence-corrected chi connectivity index (χ4v) is 2.45. The molecular weight excluding hydrogens is 294 g/mol. The Morgan fingerprint density at radius 1 is 1.30 bits per heavy atom. The molecule has 1 unspecified atom stereocenters. The molecule has 1 aromatic rings. The molecule has 1 atom stereocenters. The summed E-state index contributed by atoms with van der Waals surface area (Å²) in [6.45, 7) is 5.15. The second-order valence-corrected chi connectivity index (χ2v) is 5.97. The van der Waals surface area contributed by atoms with Crippen molar-refractivity contribution in [3.8, 4) is 11.8 Å². The van der Waals surface area contributed by atoms with Crippen molar-refractivity contribution in [1.82, 2.24) is 4.90 Å². The summed E-state index contributed by atoms with van der Waals surface area (Å²) in [6, 6.07) is 8.60. The van der Waals surface area contributed by atoms with Crippen LogP contribution in [0.25, 0.3) is 0 Å². The van der Waals surface area contributed by atoms with Gasteiger partial charge in [0.2, 0.25) is 0 Å². The summed E-state index contributed by atoms with van der Waals surface area (Å²) < 4.78 is 0. The molecule has 2 rings (SSSR count). The number of imide groups is 1. The van der Waals surface area contributed by atoms with Crippen molar-refractivity contribution in [2.24, 2.45) is 5.92 Å². The van der Waals surface area contributed by atoms with Crippen LogP contribution in [-0.2, 0) is 9.59 Å². The number of nitrogens with zero attached hydrogens (tertiary/aromatic N) is 3. The third-order valence-electron chi connectivity index (χ3n) is 4.32. The number of amides is 2. The summed E-state index contributed by atoms with van der Waals surface area (Å²) in [6.07, 6.45) is 1.20. The Labute approximate surface area is 135 Å². The van der Waals surface area contributed by atoms with Crippen molar-refractivity contribution in [3.63, 3.8) is 0 Å². The van der Waals surface area contributed by atoms with Gasteiger partial charge in [-0.15, -0.1) is 0 Å². The Balaban J connectivity index is 2.40. The number of rotatable bonds is 4. The van der Waals surface area contributed by atoms with Gasteiger partial charge in [0.05, 0.1) is 11.8 Å². The zero-order valence-corrected chi connectivity index (χ0v) is 13.6. The molecule has 1 aliphatic rings. The summed E-state index contributed by atoms with van der Waals surface area (Å²) in [5, 5.41) is 19.4. The van der Waals surface area contributed by atoms with E-state index in [-0.39, 0.29) is 17.4 Å². The van der Waals surface area contributed by atoms with Gasteiger partial charge in [0, 0.05) is 13.1 Å². The van der Waals surface area contributed by atoms with E-state index in [1.807, 2.05) is 0 Å². The molecule has 120 valence electrons. The number of hydrogen-bond acceptors (Lipinski definition) is 5. The molecule has 0 saturated heterocycles. The number of carbonyl (C=O) groups is 2. The lowest BCUT2D eigenvalue weighted by molar-refractivity contribution is -0.143. The molecule has 6 heteroatoms. The number of benzene rings is 1. The summed E-state index contributed by atoms with van der Waals surface area (Å²) >= 11 is 0. The highest BCUT2D eigenvalue weighted by Crippen LogP contribution is 2.34. The average Bonchev–Trinajstić information content (AvgIpc) is 2.81. The molecule has 1 heterocycles. The van der Waals surface area contributed by atoms with Gasteiger partial charge in [-0.2, -0.15) is 5.26 Å². The zero-order valence-electron chi connectivity index (χ0n) is 13.6. The lowest BCUT2D eigenvalue weighted by atomic mass is 9.88. The van der Waals surface area contributed by atoms with Gasteiger partial charge in [0.15, 0.2) is 0 Å². The maximum atomic E-state index is 12.7. The number of phenols is 1. The van der Waals surface area contributed by atoms with Gasteiger partial charge < -0.3 is 10.0 Å². The van der Waals surface area contributed by atoms with Crippen LogP contribution in [0.4, 0.5) is 5.69 Å². The number of anilines is 1. The number of phenolic OH excluding ortho intramolecular Hbond substituents is 1. The molecular formula is C17H19N3O3. The maximum Gasteiger partial charge on any atom is 0.278 e. The summed E-state index contributed by atoms with van der Waals surface area (Å²) in [5.41, 5.74) is -0.699. The maximum absolute atomic E-state index is 12.7. The number of carbonyl (C=O) groups excluding carboxylic acids is 2. The highest BCUT2D eigenvalue weighted by atomic mass is 16.3. The van der Waals surface area contributed by atoms with Crippen LogP contribution in [0.5, 0.6) is 5.75 Å². The summed E-state index contributed by atoms with van der Waals surface area (Å²) in [7, 11) is 1.59. The molecule has 23 heavy (non-hydrogen) atoms. The third-order valence-corrected chi connectivity index (χ3v) is 4.32. The summed E-state index contributed by atoms with van der Waals surface area (Å²) in [4.78, 5) is 27.5. The molecule has 6 nitrogen and oxygen atoms in total. The first kappa shape index (κ1) is 16.6. The fourth-order valence-electron chi connectivity index (χ4n) is 2.45. The molecule has 1 aromatic carbocycles. The predicted molar refractivity (Wildman–Crippen MR) is 85.3 cm³/mol. The van der Waals surface area contributed by atoms with Crippen LogP contribution in [-0.4, -0.2) is 34.4 Å². The summed E-state index contributed by atoms with van der Waals surface area (Å²) in [5.74, 6) is -1.28. The number of hydrogen-bond donors (Lipinski definition) is 1. The van der Waals surface area contributed by atoms with Gasteiger partial charge in [0.1, 0.15) is 17.0 Å². The molecule has 2 amide bonds. The standard InChI is InChI=1S/C17H19N3O3/c1-11(2)17(3,10-18)20-15(22)9-13(16(20)23)19(4)12-7-5-6-8-14(12)21/h5-9,11,21H,1-4H3. The van der Waals surface area contributed by atoms with Crippen molar-refractivity contribution < 1.29 is 14.7 Å². The van der Waals surface area contributed by atoms with Crippen LogP contribution in [0.2, 0.25) is 0 Å². The lowest BCUT2D eigenvalue weighted by Gasteiger charge is -2.35. The van der Waals surface area contributed by atoms with Crippen LogP contribution in [0.3, 0.4) is 0 Å². The van der Waals surface area contributed by atoms with E-state index in [1.165, 1.54) is 17.0 Å². The van der Waals surface area contributed by atoms with E-state index < -0.39 is 17.4 Å². The Bertz CT molecular complexity index is 733. The van der Waals surface area contributed by atoms with Gasteiger partial charge in [-0.3, -0.25) is 14.5 Å². The number of nitriles is 1.